The van der Waals surface area contributed by atoms with Gasteiger partial charge in [-0.15, -0.1) is 0 Å². The van der Waals surface area contributed by atoms with E-state index in [4.69, 9.17) is 5.73 Å². The Morgan fingerprint density at radius 1 is 1.43 bits per heavy atom. The van der Waals surface area contributed by atoms with Gasteiger partial charge in [0.25, 0.3) is 0 Å². The largest absolute Gasteiger partial charge is 0.324 e. The molecule has 4 heteroatoms. The van der Waals surface area contributed by atoms with Gasteiger partial charge in [-0.05, 0) is 30.5 Å². The van der Waals surface area contributed by atoms with Gasteiger partial charge in [-0.2, -0.15) is 0 Å². The summed E-state index contributed by atoms with van der Waals surface area (Å²) in [6.07, 6.45) is 0.607. The quantitative estimate of drug-likeness (QED) is 0.755. The van der Waals surface area contributed by atoms with Crippen LogP contribution >= 0.6 is 0 Å². The average molecular weight is 211 g/mol. The summed E-state index contributed by atoms with van der Waals surface area (Å²) in [5.74, 6) is 0.228. The Balaban J connectivity index is 2.68. The number of sulfone groups is 1. The van der Waals surface area contributed by atoms with E-state index in [9.17, 15) is 8.42 Å². The average Bonchev–Trinajstić information content (AvgIpc) is 2.42. The standard InChI is InChI=1S/C10H13NO2S/c1-7(11)8-3-2-4-10-9(8)5-6-14(10,12)13/h2-4,7H,5-6,11H2,1H3/t7-/m1/s1. The minimum atomic E-state index is -3.02. The van der Waals surface area contributed by atoms with E-state index in [0.29, 0.717) is 11.3 Å². The van der Waals surface area contributed by atoms with Crippen LogP contribution in [-0.4, -0.2) is 14.2 Å². The van der Waals surface area contributed by atoms with Crippen LogP contribution in [0.25, 0.3) is 0 Å². The monoisotopic (exact) mass is 211 g/mol. The van der Waals surface area contributed by atoms with Gasteiger partial charge in [0.1, 0.15) is 0 Å². The molecule has 1 aliphatic rings. The lowest BCUT2D eigenvalue weighted by atomic mass is 10.0. The summed E-state index contributed by atoms with van der Waals surface area (Å²) in [6, 6.07) is 5.24. The number of fused-ring (bicyclic) bond motifs is 1. The van der Waals surface area contributed by atoms with Crippen molar-refractivity contribution in [3.63, 3.8) is 0 Å². The van der Waals surface area contributed by atoms with Gasteiger partial charge < -0.3 is 5.73 Å². The first-order valence-electron chi connectivity index (χ1n) is 4.62. The summed E-state index contributed by atoms with van der Waals surface area (Å²) in [5.41, 5.74) is 7.66. The Hall–Kier alpha value is -0.870. The maximum absolute atomic E-state index is 11.6. The van der Waals surface area contributed by atoms with Crippen molar-refractivity contribution in [2.75, 3.05) is 5.75 Å². The Kier molecular flexibility index (Phi) is 2.12. The fourth-order valence-electron chi connectivity index (χ4n) is 1.91. The molecule has 0 spiro atoms. The molecule has 14 heavy (non-hydrogen) atoms. The molecule has 2 rings (SSSR count). The molecule has 1 aromatic rings. The molecular weight excluding hydrogens is 198 g/mol. The molecule has 1 aromatic carbocycles. The molecule has 0 saturated carbocycles. The first-order valence-corrected chi connectivity index (χ1v) is 6.28. The van der Waals surface area contributed by atoms with E-state index in [1.165, 1.54) is 0 Å². The topological polar surface area (TPSA) is 60.2 Å². The van der Waals surface area contributed by atoms with Gasteiger partial charge in [0, 0.05) is 6.04 Å². The molecule has 0 saturated heterocycles. The summed E-state index contributed by atoms with van der Waals surface area (Å²) in [5, 5.41) is 0. The fraction of sp³-hybridized carbons (Fsp3) is 0.400. The molecule has 3 nitrogen and oxygen atoms in total. The number of rotatable bonds is 1. The third-order valence-electron chi connectivity index (χ3n) is 2.62. The Bertz CT molecular complexity index is 463. The number of benzene rings is 1. The Morgan fingerprint density at radius 3 is 2.79 bits per heavy atom. The Labute approximate surface area is 83.9 Å². The summed E-state index contributed by atoms with van der Waals surface area (Å²) >= 11 is 0. The molecule has 0 aromatic heterocycles. The van der Waals surface area contributed by atoms with Crippen LogP contribution in [0, 0.1) is 0 Å². The van der Waals surface area contributed by atoms with Gasteiger partial charge in [0.2, 0.25) is 0 Å². The first kappa shape index (κ1) is 9.68. The van der Waals surface area contributed by atoms with Crippen molar-refractivity contribution in [3.05, 3.63) is 29.3 Å². The molecule has 0 radical (unpaired) electrons. The molecule has 0 amide bonds. The van der Waals surface area contributed by atoms with Gasteiger partial charge in [0.05, 0.1) is 10.6 Å². The van der Waals surface area contributed by atoms with Gasteiger partial charge in [0.15, 0.2) is 9.84 Å². The maximum atomic E-state index is 11.6. The molecule has 0 fully saturated rings. The Morgan fingerprint density at radius 2 is 2.14 bits per heavy atom. The summed E-state index contributed by atoms with van der Waals surface area (Å²) in [7, 11) is -3.02. The number of hydrogen-bond donors (Lipinski definition) is 1. The van der Waals surface area contributed by atoms with E-state index in [1.807, 2.05) is 13.0 Å². The lowest BCUT2D eigenvalue weighted by Crippen LogP contribution is -2.08. The molecule has 0 aliphatic carbocycles. The van der Waals surface area contributed by atoms with Gasteiger partial charge in [-0.3, -0.25) is 0 Å². The van der Waals surface area contributed by atoms with Crippen LogP contribution in [0.2, 0.25) is 0 Å². The molecule has 1 heterocycles. The van der Waals surface area contributed by atoms with E-state index < -0.39 is 9.84 Å². The fourth-order valence-corrected chi connectivity index (χ4v) is 3.49. The lowest BCUT2D eigenvalue weighted by molar-refractivity contribution is 0.600. The van der Waals surface area contributed by atoms with Crippen molar-refractivity contribution < 1.29 is 8.42 Å². The highest BCUT2D eigenvalue weighted by Gasteiger charge is 2.28. The van der Waals surface area contributed by atoms with Crippen molar-refractivity contribution in [2.45, 2.75) is 24.3 Å². The van der Waals surface area contributed by atoms with Crippen molar-refractivity contribution in [2.24, 2.45) is 5.73 Å². The predicted octanol–water partition coefficient (Wildman–Crippen LogP) is 1.04. The van der Waals surface area contributed by atoms with Crippen LogP contribution in [0.5, 0.6) is 0 Å². The summed E-state index contributed by atoms with van der Waals surface area (Å²) in [4.78, 5) is 0.479. The predicted molar refractivity (Wildman–Crippen MR) is 54.8 cm³/mol. The summed E-state index contributed by atoms with van der Waals surface area (Å²) in [6.45, 7) is 1.88. The molecule has 2 N–H and O–H groups in total. The first-order chi connectivity index (χ1) is 6.52. The normalized spacial score (nSPS) is 20.4. The number of hydrogen-bond acceptors (Lipinski definition) is 3. The second kappa shape index (κ2) is 3.07. The highest BCUT2D eigenvalue weighted by atomic mass is 32.2. The zero-order valence-corrected chi connectivity index (χ0v) is 8.84. The molecule has 1 aliphatic heterocycles. The van der Waals surface area contributed by atoms with E-state index in [0.717, 1.165) is 11.1 Å². The highest BCUT2D eigenvalue weighted by molar-refractivity contribution is 7.91. The third kappa shape index (κ3) is 1.35. The van der Waals surface area contributed by atoms with Gasteiger partial charge >= 0.3 is 0 Å². The van der Waals surface area contributed by atoms with E-state index in [-0.39, 0.29) is 11.8 Å². The molecule has 76 valence electrons. The van der Waals surface area contributed by atoms with E-state index in [2.05, 4.69) is 0 Å². The van der Waals surface area contributed by atoms with Crippen LogP contribution in [-0.2, 0) is 16.3 Å². The van der Waals surface area contributed by atoms with Crippen molar-refractivity contribution in [1.82, 2.24) is 0 Å². The SMILES string of the molecule is C[C@@H](N)c1cccc2c1CCS2(=O)=O. The van der Waals surface area contributed by atoms with Gasteiger partial charge in [-0.25, -0.2) is 8.42 Å². The molecular formula is C10H13NO2S. The molecule has 0 unspecified atom stereocenters. The molecule has 1 atom stereocenters. The third-order valence-corrected chi connectivity index (χ3v) is 4.41. The smallest absolute Gasteiger partial charge is 0.178 e. The van der Waals surface area contributed by atoms with Crippen LogP contribution in [0.1, 0.15) is 24.1 Å². The van der Waals surface area contributed by atoms with Crippen LogP contribution in [0.4, 0.5) is 0 Å². The van der Waals surface area contributed by atoms with Crippen LogP contribution in [0.15, 0.2) is 23.1 Å². The second-order valence-electron chi connectivity index (χ2n) is 3.68. The second-order valence-corrected chi connectivity index (χ2v) is 5.76. The minimum Gasteiger partial charge on any atom is -0.324 e. The zero-order chi connectivity index (χ0) is 10.3. The van der Waals surface area contributed by atoms with Gasteiger partial charge in [-0.1, -0.05) is 12.1 Å². The van der Waals surface area contributed by atoms with Crippen molar-refractivity contribution in [1.29, 1.82) is 0 Å². The summed E-state index contributed by atoms with van der Waals surface area (Å²) < 4.78 is 23.2. The maximum Gasteiger partial charge on any atom is 0.178 e. The van der Waals surface area contributed by atoms with Crippen molar-refractivity contribution in [3.8, 4) is 0 Å². The lowest BCUT2D eigenvalue weighted by Gasteiger charge is -2.10. The minimum absolute atomic E-state index is 0.0988. The van der Waals surface area contributed by atoms with Crippen LogP contribution in [0.3, 0.4) is 0 Å². The number of nitrogens with two attached hydrogens (primary N) is 1. The van der Waals surface area contributed by atoms with Crippen molar-refractivity contribution >= 4 is 9.84 Å². The molecule has 0 bridgehead atoms. The van der Waals surface area contributed by atoms with E-state index >= 15 is 0 Å². The van der Waals surface area contributed by atoms with Crippen LogP contribution < -0.4 is 5.73 Å². The highest BCUT2D eigenvalue weighted by Crippen LogP contribution is 2.30. The zero-order valence-electron chi connectivity index (χ0n) is 8.03. The van der Waals surface area contributed by atoms with E-state index in [1.54, 1.807) is 12.1 Å².